The van der Waals surface area contributed by atoms with E-state index in [1.54, 1.807) is 0 Å². The molecule has 3 rings (SSSR count). The maximum atomic E-state index is 13.2. The average molecular weight is 300 g/mol. The lowest BCUT2D eigenvalue weighted by atomic mass is 9.67. The van der Waals surface area contributed by atoms with Gasteiger partial charge in [-0.1, -0.05) is 43.2 Å². The molecule has 1 saturated carbocycles. The number of carbonyl (C=O) groups excluding carboxylic acids is 1. The van der Waals surface area contributed by atoms with Crippen LogP contribution in [0.5, 0.6) is 0 Å². The predicted octanol–water partition coefficient (Wildman–Crippen LogP) is 3.42. The number of carbonyl (C=O) groups is 1. The van der Waals surface area contributed by atoms with Crippen LogP contribution in [0.25, 0.3) is 0 Å². The molecule has 0 spiro atoms. The minimum absolute atomic E-state index is 0.0851. The number of amides is 1. The van der Waals surface area contributed by atoms with E-state index < -0.39 is 0 Å². The van der Waals surface area contributed by atoms with Crippen LogP contribution in [-0.2, 0) is 4.79 Å². The number of piperidine rings is 1. The molecule has 0 aromatic heterocycles. The van der Waals surface area contributed by atoms with Crippen molar-refractivity contribution in [3.05, 3.63) is 35.9 Å². The summed E-state index contributed by atoms with van der Waals surface area (Å²) in [6.45, 7) is 4.05. The Balaban J connectivity index is 1.74. The Morgan fingerprint density at radius 3 is 2.45 bits per heavy atom. The van der Waals surface area contributed by atoms with Crippen molar-refractivity contribution >= 4 is 5.91 Å². The molecule has 2 fully saturated rings. The second-order valence-electron chi connectivity index (χ2n) is 6.99. The lowest BCUT2D eigenvalue weighted by molar-refractivity contribution is -0.137. The Bertz CT molecular complexity index is 487. The van der Waals surface area contributed by atoms with Crippen LogP contribution in [0.1, 0.15) is 57.1 Å². The summed E-state index contributed by atoms with van der Waals surface area (Å²) >= 11 is 0. The van der Waals surface area contributed by atoms with E-state index in [9.17, 15) is 4.79 Å². The molecule has 1 heterocycles. The summed E-state index contributed by atoms with van der Waals surface area (Å²) in [7, 11) is 0. The van der Waals surface area contributed by atoms with Crippen molar-refractivity contribution in [2.75, 3.05) is 13.1 Å². The van der Waals surface area contributed by atoms with Gasteiger partial charge in [-0.2, -0.15) is 0 Å². The molecule has 0 radical (unpaired) electrons. The minimum atomic E-state index is -0.134. The molecule has 22 heavy (non-hydrogen) atoms. The largest absolute Gasteiger partial charge is 0.349 e. The van der Waals surface area contributed by atoms with Gasteiger partial charge in [-0.15, -0.1) is 0 Å². The highest BCUT2D eigenvalue weighted by atomic mass is 16.2. The van der Waals surface area contributed by atoms with E-state index in [-0.39, 0.29) is 17.4 Å². The molecule has 1 unspecified atom stereocenters. The fraction of sp³-hybridized carbons (Fsp3) is 0.632. The van der Waals surface area contributed by atoms with Gasteiger partial charge < -0.3 is 10.6 Å². The normalized spacial score (nSPS) is 23.1. The van der Waals surface area contributed by atoms with Crippen LogP contribution in [0.3, 0.4) is 0 Å². The Morgan fingerprint density at radius 1 is 1.18 bits per heavy atom. The zero-order valence-electron chi connectivity index (χ0n) is 13.6. The van der Waals surface area contributed by atoms with Gasteiger partial charge in [-0.05, 0) is 57.2 Å². The molecular weight excluding hydrogens is 272 g/mol. The first-order valence-corrected chi connectivity index (χ1v) is 8.79. The Morgan fingerprint density at radius 2 is 1.82 bits per heavy atom. The van der Waals surface area contributed by atoms with Gasteiger partial charge in [0.1, 0.15) is 0 Å². The van der Waals surface area contributed by atoms with Crippen LogP contribution in [0.4, 0.5) is 0 Å². The van der Waals surface area contributed by atoms with Gasteiger partial charge in [0.05, 0.1) is 11.5 Å². The smallest absolute Gasteiger partial charge is 0.227 e. The standard InChI is InChI=1S/C19H28N2O/c1-15(16-7-3-2-4-8-16)21-18(22)19(11-13-20-14-12-19)17-9-5-6-10-17/h2-4,7-8,15,17,20H,5-6,9-14H2,1H3,(H,21,22). The molecule has 1 aromatic carbocycles. The van der Waals surface area contributed by atoms with Crippen LogP contribution in [0.15, 0.2) is 30.3 Å². The number of nitrogens with one attached hydrogen (secondary N) is 2. The molecule has 3 heteroatoms. The zero-order chi connectivity index (χ0) is 15.4. The van der Waals surface area contributed by atoms with E-state index in [1.165, 1.54) is 31.2 Å². The monoisotopic (exact) mass is 300 g/mol. The first-order valence-electron chi connectivity index (χ1n) is 8.79. The fourth-order valence-electron chi connectivity index (χ4n) is 4.34. The number of hydrogen-bond donors (Lipinski definition) is 2. The fourth-order valence-corrected chi connectivity index (χ4v) is 4.34. The highest BCUT2D eigenvalue weighted by Gasteiger charge is 2.46. The van der Waals surface area contributed by atoms with E-state index in [2.05, 4.69) is 29.7 Å². The van der Waals surface area contributed by atoms with Crippen molar-refractivity contribution < 1.29 is 4.79 Å². The van der Waals surface area contributed by atoms with Crippen LogP contribution in [0, 0.1) is 11.3 Å². The second kappa shape index (κ2) is 6.82. The highest BCUT2D eigenvalue weighted by Crippen LogP contribution is 2.46. The van der Waals surface area contributed by atoms with Gasteiger partial charge in [0.2, 0.25) is 5.91 Å². The number of benzene rings is 1. The van der Waals surface area contributed by atoms with Crippen molar-refractivity contribution in [1.29, 1.82) is 0 Å². The van der Waals surface area contributed by atoms with Crippen molar-refractivity contribution in [2.24, 2.45) is 11.3 Å². The molecule has 1 aromatic rings. The molecule has 1 aliphatic heterocycles. The number of hydrogen-bond acceptors (Lipinski definition) is 2. The molecule has 1 saturated heterocycles. The average Bonchev–Trinajstić information content (AvgIpc) is 3.11. The van der Waals surface area contributed by atoms with Gasteiger partial charge in [-0.25, -0.2) is 0 Å². The maximum absolute atomic E-state index is 13.2. The summed E-state index contributed by atoms with van der Waals surface area (Å²) in [5.74, 6) is 0.870. The summed E-state index contributed by atoms with van der Waals surface area (Å²) in [4.78, 5) is 13.2. The van der Waals surface area contributed by atoms with Crippen molar-refractivity contribution in [3.8, 4) is 0 Å². The van der Waals surface area contributed by atoms with Gasteiger partial charge in [0.15, 0.2) is 0 Å². The summed E-state index contributed by atoms with van der Waals surface area (Å²) in [5, 5.41) is 6.74. The summed E-state index contributed by atoms with van der Waals surface area (Å²) in [5.41, 5.74) is 1.05. The maximum Gasteiger partial charge on any atom is 0.227 e. The Labute approximate surface area is 133 Å². The molecule has 2 aliphatic rings. The van der Waals surface area contributed by atoms with E-state index in [4.69, 9.17) is 0 Å². The third-order valence-corrected chi connectivity index (χ3v) is 5.73. The van der Waals surface area contributed by atoms with E-state index in [0.29, 0.717) is 5.92 Å². The zero-order valence-corrected chi connectivity index (χ0v) is 13.6. The molecule has 2 N–H and O–H groups in total. The van der Waals surface area contributed by atoms with Gasteiger partial charge in [0, 0.05) is 0 Å². The van der Waals surface area contributed by atoms with Crippen LogP contribution < -0.4 is 10.6 Å². The van der Waals surface area contributed by atoms with Gasteiger partial charge in [-0.3, -0.25) is 4.79 Å². The Kier molecular flexibility index (Phi) is 4.82. The summed E-state index contributed by atoms with van der Waals surface area (Å²) < 4.78 is 0. The molecule has 1 aliphatic carbocycles. The Hall–Kier alpha value is -1.35. The topological polar surface area (TPSA) is 41.1 Å². The molecule has 1 amide bonds. The van der Waals surface area contributed by atoms with Gasteiger partial charge in [0.25, 0.3) is 0 Å². The van der Waals surface area contributed by atoms with Crippen molar-refractivity contribution in [2.45, 2.75) is 51.5 Å². The third-order valence-electron chi connectivity index (χ3n) is 5.73. The van der Waals surface area contributed by atoms with Crippen LogP contribution in [0.2, 0.25) is 0 Å². The molecular formula is C19H28N2O. The third kappa shape index (κ3) is 3.05. The lowest BCUT2D eigenvalue weighted by Gasteiger charge is -2.41. The highest BCUT2D eigenvalue weighted by molar-refractivity contribution is 5.83. The molecule has 120 valence electrons. The van der Waals surface area contributed by atoms with Crippen molar-refractivity contribution in [1.82, 2.24) is 10.6 Å². The lowest BCUT2D eigenvalue weighted by Crippen LogP contribution is -2.51. The predicted molar refractivity (Wildman–Crippen MR) is 89.5 cm³/mol. The minimum Gasteiger partial charge on any atom is -0.349 e. The van der Waals surface area contributed by atoms with E-state index in [0.717, 1.165) is 25.9 Å². The second-order valence-corrected chi connectivity index (χ2v) is 6.99. The van der Waals surface area contributed by atoms with Crippen LogP contribution >= 0.6 is 0 Å². The number of rotatable bonds is 4. The first-order chi connectivity index (χ1) is 10.7. The van der Waals surface area contributed by atoms with Crippen LogP contribution in [-0.4, -0.2) is 19.0 Å². The van der Waals surface area contributed by atoms with Gasteiger partial charge >= 0.3 is 0 Å². The quantitative estimate of drug-likeness (QED) is 0.894. The van der Waals surface area contributed by atoms with Crippen molar-refractivity contribution in [3.63, 3.8) is 0 Å². The first kappa shape index (κ1) is 15.5. The molecule has 1 atom stereocenters. The summed E-state index contributed by atoms with van der Waals surface area (Å²) in [6, 6.07) is 10.4. The van der Waals surface area contributed by atoms with E-state index in [1.807, 2.05) is 18.2 Å². The SMILES string of the molecule is CC(NC(=O)C1(C2CCCC2)CCNCC1)c1ccccc1. The summed E-state index contributed by atoms with van der Waals surface area (Å²) in [6.07, 6.45) is 7.03. The van der Waals surface area contributed by atoms with E-state index >= 15 is 0 Å². The molecule has 0 bridgehead atoms. The molecule has 3 nitrogen and oxygen atoms in total.